The van der Waals surface area contributed by atoms with Gasteiger partial charge >= 0.3 is 0 Å². The molecular weight excluding hydrogens is 516 g/mol. The van der Waals surface area contributed by atoms with Crippen molar-refractivity contribution < 1.29 is 28.2 Å². The molecule has 7 nitrogen and oxygen atoms in total. The SMILES string of the molecule is O=C(COc1ccc(Cl)c(F)c1)NC12CCC(NC(=O)c3ccc(-c4ccc(F)cc4)cn3)(CC1)CC2O. The molecule has 3 aliphatic carbocycles. The van der Waals surface area contributed by atoms with Gasteiger partial charge in [-0.1, -0.05) is 29.8 Å². The number of ether oxygens (including phenoxy) is 1. The van der Waals surface area contributed by atoms with Gasteiger partial charge in [0.25, 0.3) is 11.8 Å². The van der Waals surface area contributed by atoms with Crippen molar-refractivity contribution in [3.05, 3.63) is 83.1 Å². The van der Waals surface area contributed by atoms with Gasteiger partial charge in [-0.25, -0.2) is 8.78 Å². The zero-order valence-electron chi connectivity index (χ0n) is 20.3. The Labute approximate surface area is 223 Å². The Morgan fingerprint density at radius 2 is 1.71 bits per heavy atom. The number of hydrogen-bond acceptors (Lipinski definition) is 5. The number of nitrogens with zero attached hydrogens (tertiary/aromatic N) is 1. The molecule has 3 aliphatic rings. The van der Waals surface area contributed by atoms with Crippen molar-refractivity contribution in [3.8, 4) is 16.9 Å². The highest BCUT2D eigenvalue weighted by molar-refractivity contribution is 6.30. The number of pyridine rings is 1. The lowest BCUT2D eigenvalue weighted by atomic mass is 9.60. The highest BCUT2D eigenvalue weighted by atomic mass is 35.5. The van der Waals surface area contributed by atoms with E-state index in [1.807, 2.05) is 0 Å². The van der Waals surface area contributed by atoms with E-state index in [1.165, 1.54) is 24.3 Å². The largest absolute Gasteiger partial charge is 0.484 e. The number of carbonyl (C=O) groups is 2. The summed E-state index contributed by atoms with van der Waals surface area (Å²) >= 11 is 5.66. The maximum absolute atomic E-state index is 13.6. The molecule has 3 saturated carbocycles. The van der Waals surface area contributed by atoms with E-state index in [0.29, 0.717) is 25.7 Å². The molecule has 198 valence electrons. The fourth-order valence-corrected chi connectivity index (χ4v) is 5.45. The second-order valence-electron chi connectivity index (χ2n) is 9.96. The van der Waals surface area contributed by atoms with Gasteiger partial charge in [-0.3, -0.25) is 14.6 Å². The van der Waals surface area contributed by atoms with Crippen LogP contribution in [0.25, 0.3) is 11.1 Å². The molecule has 0 radical (unpaired) electrons. The van der Waals surface area contributed by atoms with Gasteiger partial charge < -0.3 is 20.5 Å². The van der Waals surface area contributed by atoms with Crippen molar-refractivity contribution in [1.29, 1.82) is 0 Å². The second-order valence-corrected chi connectivity index (χ2v) is 10.4. The fraction of sp³-hybridized carbons (Fsp3) is 0.321. The van der Waals surface area contributed by atoms with Gasteiger partial charge in [-0.05, 0) is 68.0 Å². The molecule has 10 heteroatoms. The summed E-state index contributed by atoms with van der Waals surface area (Å²) < 4.78 is 32.1. The number of aliphatic hydroxyl groups excluding tert-OH is 1. The van der Waals surface area contributed by atoms with Crippen LogP contribution in [0.15, 0.2) is 60.8 Å². The standard InChI is InChI=1S/C28H26ClF2N3O4/c29-21-7-6-20(13-22(21)31)38-16-25(36)33-28-11-9-27(10-12-28,14-24(28)35)34-26(37)23-8-3-18(15-32-23)17-1-4-19(30)5-2-17/h1-8,13,15,24,35H,9-12,14,16H2,(H,33,36)(H,34,37). The van der Waals surface area contributed by atoms with Gasteiger partial charge in [0.15, 0.2) is 6.61 Å². The lowest BCUT2D eigenvalue weighted by Crippen LogP contribution is -2.70. The molecular formula is C28H26ClF2N3O4. The molecule has 0 aliphatic heterocycles. The van der Waals surface area contributed by atoms with Crippen LogP contribution in [0.5, 0.6) is 5.75 Å². The number of nitrogens with one attached hydrogen (secondary N) is 2. The summed E-state index contributed by atoms with van der Waals surface area (Å²) in [6.07, 6.45) is 3.10. The first-order valence-corrected chi connectivity index (χ1v) is 12.7. The summed E-state index contributed by atoms with van der Waals surface area (Å²) in [7, 11) is 0. The van der Waals surface area contributed by atoms with Crippen LogP contribution in [-0.2, 0) is 4.79 Å². The van der Waals surface area contributed by atoms with Crippen LogP contribution in [0.2, 0.25) is 5.02 Å². The zero-order valence-corrected chi connectivity index (χ0v) is 21.1. The Balaban J connectivity index is 1.17. The van der Waals surface area contributed by atoms with Gasteiger partial charge in [0, 0.05) is 23.4 Å². The summed E-state index contributed by atoms with van der Waals surface area (Å²) in [6, 6.07) is 13.3. The summed E-state index contributed by atoms with van der Waals surface area (Å²) in [6.45, 7) is -0.336. The quantitative estimate of drug-likeness (QED) is 0.411. The van der Waals surface area contributed by atoms with E-state index >= 15 is 0 Å². The molecule has 3 fully saturated rings. The molecule has 38 heavy (non-hydrogen) atoms. The molecule has 6 rings (SSSR count). The van der Waals surface area contributed by atoms with Gasteiger partial charge in [0.05, 0.1) is 16.7 Å². The van der Waals surface area contributed by atoms with Crippen molar-refractivity contribution in [2.45, 2.75) is 49.3 Å². The second kappa shape index (κ2) is 10.3. The Morgan fingerprint density at radius 3 is 2.34 bits per heavy atom. The van der Waals surface area contributed by atoms with E-state index < -0.39 is 28.9 Å². The smallest absolute Gasteiger partial charge is 0.270 e. The molecule has 3 N–H and O–H groups in total. The minimum Gasteiger partial charge on any atom is -0.484 e. The maximum Gasteiger partial charge on any atom is 0.270 e. The summed E-state index contributed by atoms with van der Waals surface area (Å²) in [5.74, 6) is -1.57. The highest BCUT2D eigenvalue weighted by Gasteiger charge is 2.55. The van der Waals surface area contributed by atoms with Crippen molar-refractivity contribution in [1.82, 2.24) is 15.6 Å². The third kappa shape index (κ3) is 5.35. The lowest BCUT2D eigenvalue weighted by Gasteiger charge is -2.56. The average Bonchev–Trinajstić information content (AvgIpc) is 2.91. The van der Waals surface area contributed by atoms with Crippen LogP contribution in [0.3, 0.4) is 0 Å². The monoisotopic (exact) mass is 541 g/mol. The molecule has 1 atom stereocenters. The van der Waals surface area contributed by atoms with Crippen LogP contribution < -0.4 is 15.4 Å². The zero-order chi connectivity index (χ0) is 26.9. The first-order chi connectivity index (χ1) is 18.2. The Kier molecular flexibility index (Phi) is 7.07. The van der Waals surface area contributed by atoms with Crippen LogP contribution in [0, 0.1) is 11.6 Å². The number of fused-ring (bicyclic) bond motifs is 3. The molecule has 1 heterocycles. The molecule has 2 aromatic carbocycles. The minimum absolute atomic E-state index is 0.0402. The first-order valence-electron chi connectivity index (χ1n) is 12.3. The van der Waals surface area contributed by atoms with E-state index in [0.717, 1.165) is 17.2 Å². The predicted molar refractivity (Wildman–Crippen MR) is 137 cm³/mol. The van der Waals surface area contributed by atoms with Crippen LogP contribution in [0.1, 0.15) is 42.6 Å². The van der Waals surface area contributed by atoms with Gasteiger partial charge in [0.1, 0.15) is 23.1 Å². The molecule has 0 spiro atoms. The van der Waals surface area contributed by atoms with Gasteiger partial charge in [-0.15, -0.1) is 0 Å². The van der Waals surface area contributed by atoms with Crippen molar-refractivity contribution in [3.63, 3.8) is 0 Å². The molecule has 0 saturated heterocycles. The number of hydrogen-bond donors (Lipinski definition) is 3. The van der Waals surface area contributed by atoms with Crippen LogP contribution in [0.4, 0.5) is 8.78 Å². The maximum atomic E-state index is 13.6. The summed E-state index contributed by atoms with van der Waals surface area (Å²) in [4.78, 5) is 29.9. The van der Waals surface area contributed by atoms with Gasteiger partial charge in [-0.2, -0.15) is 0 Å². The molecule has 2 amide bonds. The summed E-state index contributed by atoms with van der Waals surface area (Å²) in [5.41, 5.74) is 0.379. The van der Waals surface area contributed by atoms with Gasteiger partial charge in [0.2, 0.25) is 0 Å². The van der Waals surface area contributed by atoms with Crippen LogP contribution in [-0.4, -0.2) is 45.7 Å². The van der Waals surface area contributed by atoms with Crippen LogP contribution >= 0.6 is 11.6 Å². The molecule has 1 aromatic heterocycles. The molecule has 2 bridgehead atoms. The Morgan fingerprint density at radius 1 is 1.00 bits per heavy atom. The Bertz CT molecular complexity index is 1340. The Hall–Kier alpha value is -3.56. The van der Waals surface area contributed by atoms with E-state index in [9.17, 15) is 23.5 Å². The van der Waals surface area contributed by atoms with E-state index in [1.54, 1.807) is 30.5 Å². The number of halogens is 3. The van der Waals surface area contributed by atoms with Crippen molar-refractivity contribution in [2.75, 3.05) is 6.61 Å². The van der Waals surface area contributed by atoms with E-state index in [4.69, 9.17) is 16.3 Å². The van der Waals surface area contributed by atoms with E-state index in [-0.39, 0.29) is 41.2 Å². The fourth-order valence-electron chi connectivity index (χ4n) is 5.34. The third-order valence-corrected chi connectivity index (χ3v) is 7.83. The lowest BCUT2D eigenvalue weighted by molar-refractivity contribution is -0.132. The number of rotatable bonds is 7. The highest BCUT2D eigenvalue weighted by Crippen LogP contribution is 2.47. The van der Waals surface area contributed by atoms with E-state index in [2.05, 4.69) is 15.6 Å². The molecule has 1 unspecified atom stereocenters. The average molecular weight is 542 g/mol. The predicted octanol–water partition coefficient (Wildman–Crippen LogP) is 4.42. The van der Waals surface area contributed by atoms with Crippen molar-refractivity contribution in [2.24, 2.45) is 0 Å². The summed E-state index contributed by atoms with van der Waals surface area (Å²) in [5, 5.41) is 16.9. The minimum atomic E-state index is -0.865. The number of amides is 2. The third-order valence-electron chi connectivity index (χ3n) is 7.52. The number of aromatic nitrogens is 1. The number of benzene rings is 2. The normalized spacial score (nSPS) is 24.1. The number of aliphatic hydroxyl groups is 1. The number of carbonyl (C=O) groups excluding carboxylic acids is 2. The molecule has 3 aromatic rings. The topological polar surface area (TPSA) is 101 Å². The first kappa shape index (κ1) is 26.1. The van der Waals surface area contributed by atoms with Crippen molar-refractivity contribution >= 4 is 23.4 Å².